The van der Waals surface area contributed by atoms with Gasteiger partial charge in [-0.15, -0.1) is 0 Å². The second-order valence-corrected chi connectivity index (χ2v) is 7.65. The highest BCUT2D eigenvalue weighted by Gasteiger charge is 2.35. The molecule has 1 fully saturated rings. The average Bonchev–Trinajstić information content (AvgIpc) is 3.03. The molecule has 7 heteroatoms. The summed E-state index contributed by atoms with van der Waals surface area (Å²) in [5, 5.41) is 3.11. The maximum Gasteiger partial charge on any atom is 0.261 e. The zero-order valence-electron chi connectivity index (χ0n) is 16.8. The zero-order valence-corrected chi connectivity index (χ0v) is 16.8. The third-order valence-electron chi connectivity index (χ3n) is 5.67. The first kappa shape index (κ1) is 20.3. The fourth-order valence-corrected chi connectivity index (χ4v) is 4.01. The fourth-order valence-electron chi connectivity index (χ4n) is 4.01. The SMILES string of the molecule is O=C(CCN1C(=O)c2ccccc2C1=O)N[C@@H](C[NH+]1CCOCC1)c1ccccc1. The molecule has 0 unspecified atom stereocenters. The Morgan fingerprint density at radius 3 is 2.20 bits per heavy atom. The number of morpholine rings is 1. The molecule has 0 spiro atoms. The molecule has 156 valence electrons. The van der Waals surface area contributed by atoms with E-state index in [-0.39, 0.29) is 36.7 Å². The van der Waals surface area contributed by atoms with Crippen LogP contribution in [0.25, 0.3) is 0 Å². The Morgan fingerprint density at radius 1 is 0.967 bits per heavy atom. The lowest BCUT2D eigenvalue weighted by Gasteiger charge is -2.28. The highest BCUT2D eigenvalue weighted by atomic mass is 16.5. The van der Waals surface area contributed by atoms with Crippen molar-refractivity contribution < 1.29 is 24.0 Å². The molecule has 0 radical (unpaired) electrons. The Kier molecular flexibility index (Phi) is 6.21. The highest BCUT2D eigenvalue weighted by molar-refractivity contribution is 6.21. The molecule has 0 saturated carbocycles. The summed E-state index contributed by atoms with van der Waals surface area (Å²) in [6, 6.07) is 16.5. The minimum Gasteiger partial charge on any atom is -0.370 e. The van der Waals surface area contributed by atoms with Crippen LogP contribution in [-0.2, 0) is 9.53 Å². The van der Waals surface area contributed by atoms with Gasteiger partial charge in [0.2, 0.25) is 5.91 Å². The maximum absolute atomic E-state index is 12.7. The number of fused-ring (bicyclic) bond motifs is 1. The molecule has 2 aromatic carbocycles. The number of ether oxygens (including phenoxy) is 1. The maximum atomic E-state index is 12.7. The Labute approximate surface area is 175 Å². The summed E-state index contributed by atoms with van der Waals surface area (Å²) >= 11 is 0. The minimum atomic E-state index is -0.333. The number of hydrogen-bond acceptors (Lipinski definition) is 4. The van der Waals surface area contributed by atoms with Crippen molar-refractivity contribution in [1.82, 2.24) is 10.2 Å². The number of quaternary nitrogens is 1. The first-order valence-corrected chi connectivity index (χ1v) is 10.3. The van der Waals surface area contributed by atoms with Crippen LogP contribution < -0.4 is 10.2 Å². The molecule has 2 aliphatic heterocycles. The summed E-state index contributed by atoms with van der Waals surface area (Å²) in [4.78, 5) is 40.2. The summed E-state index contributed by atoms with van der Waals surface area (Å²) in [6.07, 6.45) is 0.0766. The smallest absolute Gasteiger partial charge is 0.261 e. The molecule has 2 heterocycles. The Hall–Kier alpha value is -3.03. The van der Waals surface area contributed by atoms with Crippen LogP contribution in [0.3, 0.4) is 0 Å². The lowest BCUT2D eigenvalue weighted by atomic mass is 10.1. The predicted molar refractivity (Wildman–Crippen MR) is 110 cm³/mol. The quantitative estimate of drug-likeness (QED) is 0.652. The van der Waals surface area contributed by atoms with Gasteiger partial charge in [0.25, 0.3) is 11.8 Å². The molecule has 3 amide bonds. The monoisotopic (exact) mass is 408 g/mol. The largest absolute Gasteiger partial charge is 0.370 e. The van der Waals surface area contributed by atoms with Crippen molar-refractivity contribution in [2.45, 2.75) is 12.5 Å². The number of carbonyl (C=O) groups is 3. The van der Waals surface area contributed by atoms with Gasteiger partial charge in [-0.1, -0.05) is 42.5 Å². The van der Waals surface area contributed by atoms with Crippen molar-refractivity contribution in [1.29, 1.82) is 0 Å². The third kappa shape index (κ3) is 4.42. The van der Waals surface area contributed by atoms with Gasteiger partial charge in [0.15, 0.2) is 0 Å². The van der Waals surface area contributed by atoms with Crippen molar-refractivity contribution in [3.63, 3.8) is 0 Å². The number of hydrogen-bond donors (Lipinski definition) is 2. The summed E-state index contributed by atoms with van der Waals surface area (Å²) in [6.45, 7) is 4.12. The van der Waals surface area contributed by atoms with E-state index in [0.29, 0.717) is 11.1 Å². The van der Waals surface area contributed by atoms with Crippen molar-refractivity contribution in [2.75, 3.05) is 39.4 Å². The van der Waals surface area contributed by atoms with Crippen LogP contribution in [0, 0.1) is 0 Å². The number of rotatable bonds is 7. The summed E-state index contributed by atoms with van der Waals surface area (Å²) in [7, 11) is 0. The van der Waals surface area contributed by atoms with Gasteiger partial charge in [-0.3, -0.25) is 19.3 Å². The van der Waals surface area contributed by atoms with Crippen LogP contribution in [0.2, 0.25) is 0 Å². The van der Waals surface area contributed by atoms with Crippen LogP contribution in [0.1, 0.15) is 38.7 Å². The second kappa shape index (κ2) is 9.19. The summed E-state index contributed by atoms with van der Waals surface area (Å²) in [5.74, 6) is -0.838. The second-order valence-electron chi connectivity index (χ2n) is 7.65. The molecular weight excluding hydrogens is 382 g/mol. The van der Waals surface area contributed by atoms with Crippen LogP contribution in [0.5, 0.6) is 0 Å². The molecule has 0 aromatic heterocycles. The van der Waals surface area contributed by atoms with Crippen molar-refractivity contribution in [2.24, 2.45) is 0 Å². The van der Waals surface area contributed by atoms with E-state index in [1.54, 1.807) is 24.3 Å². The van der Waals surface area contributed by atoms with Crippen LogP contribution in [0.4, 0.5) is 0 Å². The van der Waals surface area contributed by atoms with Gasteiger partial charge in [-0.2, -0.15) is 0 Å². The number of benzene rings is 2. The Morgan fingerprint density at radius 2 is 1.57 bits per heavy atom. The van der Waals surface area contributed by atoms with Gasteiger partial charge in [-0.05, 0) is 17.7 Å². The average molecular weight is 408 g/mol. The summed E-state index contributed by atoms with van der Waals surface area (Å²) in [5.41, 5.74) is 1.85. The number of carbonyl (C=O) groups excluding carboxylic acids is 3. The standard InChI is InChI=1S/C23H25N3O4/c27-21(10-11-26-22(28)18-8-4-5-9-19(18)23(26)29)24-20(17-6-2-1-3-7-17)16-25-12-14-30-15-13-25/h1-9,20H,10-16H2,(H,24,27)/p+1/t20-/m0/s1. The van der Waals surface area contributed by atoms with Crippen LogP contribution >= 0.6 is 0 Å². The lowest BCUT2D eigenvalue weighted by molar-refractivity contribution is -0.909. The van der Waals surface area contributed by atoms with Gasteiger partial charge in [0.1, 0.15) is 25.7 Å². The number of nitrogens with zero attached hydrogens (tertiary/aromatic N) is 1. The minimum absolute atomic E-state index is 0.0735. The molecule has 4 rings (SSSR count). The first-order chi connectivity index (χ1) is 14.6. The van der Waals surface area contributed by atoms with E-state index in [0.717, 1.165) is 43.3 Å². The van der Waals surface area contributed by atoms with Gasteiger partial charge < -0.3 is 15.0 Å². The van der Waals surface area contributed by atoms with Crippen molar-refractivity contribution in [3.05, 3.63) is 71.3 Å². The molecule has 30 heavy (non-hydrogen) atoms. The van der Waals surface area contributed by atoms with E-state index in [1.165, 1.54) is 4.90 Å². The van der Waals surface area contributed by atoms with Crippen LogP contribution in [-0.4, -0.2) is 62.0 Å². The number of nitrogens with one attached hydrogen (secondary N) is 2. The number of imide groups is 1. The molecule has 0 bridgehead atoms. The Balaban J connectivity index is 1.38. The van der Waals surface area contributed by atoms with E-state index in [2.05, 4.69) is 5.32 Å². The lowest BCUT2D eigenvalue weighted by Crippen LogP contribution is -3.14. The third-order valence-corrected chi connectivity index (χ3v) is 5.67. The molecule has 1 atom stereocenters. The van der Waals surface area contributed by atoms with Gasteiger partial charge >= 0.3 is 0 Å². The molecule has 0 aliphatic carbocycles. The molecule has 1 saturated heterocycles. The van der Waals surface area contributed by atoms with Gasteiger partial charge in [0, 0.05) is 13.0 Å². The van der Waals surface area contributed by atoms with E-state index >= 15 is 0 Å². The van der Waals surface area contributed by atoms with Crippen molar-refractivity contribution in [3.8, 4) is 0 Å². The zero-order chi connectivity index (χ0) is 20.9. The van der Waals surface area contributed by atoms with Crippen LogP contribution in [0.15, 0.2) is 54.6 Å². The van der Waals surface area contributed by atoms with Gasteiger partial charge in [-0.25, -0.2) is 0 Å². The fraction of sp³-hybridized carbons (Fsp3) is 0.348. The van der Waals surface area contributed by atoms with E-state index < -0.39 is 0 Å². The topological polar surface area (TPSA) is 80.2 Å². The Bertz CT molecular complexity index is 890. The van der Waals surface area contributed by atoms with Gasteiger partial charge in [0.05, 0.1) is 24.3 Å². The molecule has 2 aromatic rings. The van der Waals surface area contributed by atoms with Crippen molar-refractivity contribution >= 4 is 17.7 Å². The normalized spacial score (nSPS) is 17.7. The predicted octanol–water partition coefficient (Wildman–Crippen LogP) is 0.445. The highest BCUT2D eigenvalue weighted by Crippen LogP contribution is 2.22. The van der Waals surface area contributed by atoms with E-state index in [1.807, 2.05) is 30.3 Å². The molecule has 2 N–H and O–H groups in total. The molecule has 2 aliphatic rings. The summed E-state index contributed by atoms with van der Waals surface area (Å²) < 4.78 is 5.43. The molecular formula is C23H26N3O4+. The molecule has 7 nitrogen and oxygen atoms in total. The van der Waals surface area contributed by atoms with E-state index in [9.17, 15) is 14.4 Å². The first-order valence-electron chi connectivity index (χ1n) is 10.3. The number of amides is 3. The van der Waals surface area contributed by atoms with E-state index in [4.69, 9.17) is 4.74 Å².